The Hall–Kier alpha value is -1.89. The van der Waals surface area contributed by atoms with Gasteiger partial charge in [-0.25, -0.2) is 0 Å². The summed E-state index contributed by atoms with van der Waals surface area (Å²) in [5, 5.41) is 10.2. The molecule has 1 amide bonds. The predicted molar refractivity (Wildman–Crippen MR) is 93.1 cm³/mol. The van der Waals surface area contributed by atoms with Crippen LogP contribution in [0.1, 0.15) is 18.5 Å². The van der Waals surface area contributed by atoms with Crippen LogP contribution in [0.25, 0.3) is 0 Å². The van der Waals surface area contributed by atoms with Crippen LogP contribution in [0.15, 0.2) is 42.6 Å². The average molecular weight is 339 g/mol. The number of rotatable bonds is 8. The highest BCUT2D eigenvalue weighted by atomic mass is 35.5. The van der Waals surface area contributed by atoms with Crippen molar-refractivity contribution in [2.45, 2.75) is 13.0 Å². The maximum absolute atomic E-state index is 11.8. The smallest absolute Gasteiger partial charge is 0.239 e. The number of aromatic nitrogens is 2. The second-order valence-corrected chi connectivity index (χ2v) is 4.99. The summed E-state index contributed by atoms with van der Waals surface area (Å²) in [5.41, 5.74) is 1.17. The molecule has 1 aromatic carbocycles. The van der Waals surface area contributed by atoms with Gasteiger partial charge in [0.15, 0.2) is 5.82 Å². The van der Waals surface area contributed by atoms with Gasteiger partial charge in [-0.05, 0) is 12.5 Å². The number of methoxy groups -OCH3 is 1. The molecule has 23 heavy (non-hydrogen) atoms. The SMILES string of the molecule is COCCNCC(=O)Nc1ccn(C(C)c2ccccc2)n1.Cl. The summed E-state index contributed by atoms with van der Waals surface area (Å²) < 4.78 is 6.74. The molecule has 1 aromatic heterocycles. The zero-order chi connectivity index (χ0) is 15.8. The van der Waals surface area contributed by atoms with Crippen molar-refractivity contribution in [3.05, 3.63) is 48.2 Å². The first kappa shape index (κ1) is 19.2. The highest BCUT2D eigenvalue weighted by Crippen LogP contribution is 2.17. The second kappa shape index (κ2) is 9.99. The van der Waals surface area contributed by atoms with E-state index in [-0.39, 0.29) is 30.9 Å². The molecule has 0 saturated carbocycles. The molecule has 0 bridgehead atoms. The van der Waals surface area contributed by atoms with Crippen molar-refractivity contribution >= 4 is 24.1 Å². The number of hydrogen-bond donors (Lipinski definition) is 2. The Labute approximate surface area is 142 Å². The monoisotopic (exact) mass is 338 g/mol. The molecule has 0 aliphatic heterocycles. The molecule has 0 aliphatic rings. The van der Waals surface area contributed by atoms with Gasteiger partial charge >= 0.3 is 0 Å². The van der Waals surface area contributed by atoms with Crippen LogP contribution < -0.4 is 10.6 Å². The minimum Gasteiger partial charge on any atom is -0.383 e. The van der Waals surface area contributed by atoms with E-state index in [1.165, 1.54) is 5.56 Å². The zero-order valence-electron chi connectivity index (χ0n) is 13.4. The highest BCUT2D eigenvalue weighted by Gasteiger charge is 2.10. The normalized spacial score (nSPS) is 11.6. The zero-order valence-corrected chi connectivity index (χ0v) is 14.2. The molecule has 2 N–H and O–H groups in total. The Morgan fingerprint density at radius 2 is 2.04 bits per heavy atom. The summed E-state index contributed by atoms with van der Waals surface area (Å²) in [5.74, 6) is 0.440. The van der Waals surface area contributed by atoms with E-state index >= 15 is 0 Å². The number of carbonyl (C=O) groups is 1. The van der Waals surface area contributed by atoms with Gasteiger partial charge in [-0.2, -0.15) is 5.10 Å². The van der Waals surface area contributed by atoms with Crippen molar-refractivity contribution in [3.63, 3.8) is 0 Å². The van der Waals surface area contributed by atoms with E-state index in [4.69, 9.17) is 4.74 Å². The lowest BCUT2D eigenvalue weighted by atomic mass is 10.1. The van der Waals surface area contributed by atoms with Crippen LogP contribution in [0.4, 0.5) is 5.82 Å². The molecule has 0 radical (unpaired) electrons. The fourth-order valence-corrected chi connectivity index (χ4v) is 2.07. The second-order valence-electron chi connectivity index (χ2n) is 4.99. The Kier molecular flexibility index (Phi) is 8.32. The Balaban J connectivity index is 0.00000264. The Morgan fingerprint density at radius 3 is 2.74 bits per heavy atom. The largest absolute Gasteiger partial charge is 0.383 e. The van der Waals surface area contributed by atoms with Crippen molar-refractivity contribution in [2.24, 2.45) is 0 Å². The van der Waals surface area contributed by atoms with Gasteiger partial charge in [0.2, 0.25) is 5.91 Å². The standard InChI is InChI=1S/C16H22N4O2.ClH/c1-13(14-6-4-3-5-7-14)20-10-8-15(19-20)18-16(21)12-17-9-11-22-2;/h3-8,10,13,17H,9,11-12H2,1-2H3,(H,18,19,21);1H. The number of benzene rings is 1. The third-order valence-corrected chi connectivity index (χ3v) is 3.32. The molecule has 7 heteroatoms. The van der Waals surface area contributed by atoms with E-state index in [1.807, 2.05) is 29.1 Å². The molecule has 126 valence electrons. The van der Waals surface area contributed by atoms with Gasteiger partial charge in [0.1, 0.15) is 0 Å². The molecule has 1 unspecified atom stereocenters. The van der Waals surface area contributed by atoms with Crippen molar-refractivity contribution in [3.8, 4) is 0 Å². The summed E-state index contributed by atoms with van der Waals surface area (Å²) in [6.07, 6.45) is 1.87. The lowest BCUT2D eigenvalue weighted by Crippen LogP contribution is -2.30. The fraction of sp³-hybridized carbons (Fsp3) is 0.375. The van der Waals surface area contributed by atoms with E-state index in [0.717, 1.165) is 0 Å². The van der Waals surface area contributed by atoms with Gasteiger partial charge in [-0.15, -0.1) is 12.4 Å². The first-order chi connectivity index (χ1) is 10.7. The third kappa shape index (κ3) is 6.02. The molecule has 0 fully saturated rings. The number of halogens is 1. The summed E-state index contributed by atoms with van der Waals surface area (Å²) in [7, 11) is 1.63. The van der Waals surface area contributed by atoms with Crippen LogP contribution in [0, 0.1) is 0 Å². The molecule has 1 atom stereocenters. The molecule has 1 heterocycles. The number of ether oxygens (including phenoxy) is 1. The van der Waals surface area contributed by atoms with Crippen molar-refractivity contribution < 1.29 is 9.53 Å². The van der Waals surface area contributed by atoms with Crippen LogP contribution in [0.5, 0.6) is 0 Å². The van der Waals surface area contributed by atoms with Gasteiger partial charge < -0.3 is 15.4 Å². The number of nitrogens with one attached hydrogen (secondary N) is 2. The lowest BCUT2D eigenvalue weighted by Gasteiger charge is -2.12. The first-order valence-corrected chi connectivity index (χ1v) is 7.30. The minimum absolute atomic E-state index is 0. The number of nitrogens with zero attached hydrogens (tertiary/aromatic N) is 2. The van der Waals surface area contributed by atoms with Crippen molar-refractivity contribution in [1.29, 1.82) is 0 Å². The third-order valence-electron chi connectivity index (χ3n) is 3.32. The summed E-state index contributed by atoms with van der Waals surface area (Å²) in [6.45, 7) is 3.53. The van der Waals surface area contributed by atoms with Crippen LogP contribution in [0.3, 0.4) is 0 Å². The number of hydrogen-bond acceptors (Lipinski definition) is 4. The lowest BCUT2D eigenvalue weighted by molar-refractivity contribution is -0.115. The molecule has 2 aromatic rings. The molecule has 2 rings (SSSR count). The fourth-order valence-electron chi connectivity index (χ4n) is 2.07. The van der Waals surface area contributed by atoms with Gasteiger partial charge in [-0.3, -0.25) is 9.48 Å². The summed E-state index contributed by atoms with van der Waals surface area (Å²) in [6, 6.07) is 12.0. The quantitative estimate of drug-likeness (QED) is 0.723. The van der Waals surface area contributed by atoms with E-state index in [9.17, 15) is 4.79 Å². The van der Waals surface area contributed by atoms with Crippen LogP contribution in [-0.2, 0) is 9.53 Å². The molecule has 0 saturated heterocycles. The van der Waals surface area contributed by atoms with Crippen LogP contribution in [-0.4, -0.2) is 42.5 Å². The predicted octanol–water partition coefficient (Wildman–Crippen LogP) is 2.09. The summed E-state index contributed by atoms with van der Waals surface area (Å²) in [4.78, 5) is 11.8. The van der Waals surface area contributed by atoms with Gasteiger partial charge in [0.25, 0.3) is 0 Å². The van der Waals surface area contributed by atoms with Crippen LogP contribution in [0.2, 0.25) is 0 Å². The minimum atomic E-state index is -0.117. The molecule has 6 nitrogen and oxygen atoms in total. The summed E-state index contributed by atoms with van der Waals surface area (Å²) >= 11 is 0. The Bertz CT molecular complexity index is 589. The Morgan fingerprint density at radius 1 is 1.30 bits per heavy atom. The maximum atomic E-state index is 11.8. The molecular formula is C16H23ClN4O2. The average Bonchev–Trinajstić information content (AvgIpc) is 3.00. The van der Waals surface area contributed by atoms with E-state index in [2.05, 4.69) is 34.8 Å². The number of amides is 1. The van der Waals surface area contributed by atoms with Crippen molar-refractivity contribution in [2.75, 3.05) is 32.1 Å². The maximum Gasteiger partial charge on any atom is 0.239 e. The number of carbonyl (C=O) groups excluding carboxylic acids is 1. The van der Waals surface area contributed by atoms with E-state index in [0.29, 0.717) is 19.0 Å². The molecule has 0 aliphatic carbocycles. The topological polar surface area (TPSA) is 68.2 Å². The van der Waals surface area contributed by atoms with E-state index < -0.39 is 0 Å². The van der Waals surface area contributed by atoms with Gasteiger partial charge in [0.05, 0.1) is 19.2 Å². The highest BCUT2D eigenvalue weighted by molar-refractivity contribution is 5.91. The molecular weight excluding hydrogens is 316 g/mol. The van der Waals surface area contributed by atoms with Gasteiger partial charge in [-0.1, -0.05) is 30.3 Å². The van der Waals surface area contributed by atoms with Crippen molar-refractivity contribution in [1.82, 2.24) is 15.1 Å². The molecule has 0 spiro atoms. The van der Waals surface area contributed by atoms with Crippen LogP contribution >= 0.6 is 12.4 Å². The number of anilines is 1. The van der Waals surface area contributed by atoms with E-state index in [1.54, 1.807) is 13.2 Å². The first-order valence-electron chi connectivity index (χ1n) is 7.30. The van der Waals surface area contributed by atoms with Gasteiger partial charge in [0, 0.05) is 25.9 Å².